The summed E-state index contributed by atoms with van der Waals surface area (Å²) in [6, 6.07) is -0.452. The second-order valence-electron chi connectivity index (χ2n) is 4.63. The number of hydrogen-bond acceptors (Lipinski definition) is 5. The van der Waals surface area contributed by atoms with Crippen LogP contribution in [0, 0.1) is 5.92 Å². The third-order valence-electron chi connectivity index (χ3n) is 2.81. The molecule has 0 amide bonds. The number of aromatic nitrogens is 2. The molecule has 6 heteroatoms. The van der Waals surface area contributed by atoms with Crippen molar-refractivity contribution in [3.63, 3.8) is 0 Å². The molecule has 19 heavy (non-hydrogen) atoms. The molecule has 0 fully saturated rings. The average molecular weight is 286 g/mol. The normalized spacial score (nSPS) is 12.3. The largest absolute Gasteiger partial charge is 0.467 e. The van der Waals surface area contributed by atoms with Gasteiger partial charge >= 0.3 is 5.97 Å². The van der Waals surface area contributed by atoms with E-state index in [4.69, 9.17) is 16.3 Å². The van der Waals surface area contributed by atoms with E-state index in [1.54, 1.807) is 0 Å². The molecule has 0 aliphatic rings. The molecular weight excluding hydrogens is 266 g/mol. The Hall–Kier alpha value is -1.36. The second-order valence-corrected chi connectivity index (χ2v) is 4.99. The maximum atomic E-state index is 11.8. The van der Waals surface area contributed by atoms with Crippen molar-refractivity contribution in [3.05, 3.63) is 17.0 Å². The van der Waals surface area contributed by atoms with Crippen molar-refractivity contribution in [3.8, 4) is 0 Å². The molecule has 0 aliphatic carbocycles. The van der Waals surface area contributed by atoms with Gasteiger partial charge in [0.2, 0.25) is 0 Å². The number of halogens is 1. The topological polar surface area (TPSA) is 64.1 Å². The van der Waals surface area contributed by atoms with Crippen molar-refractivity contribution >= 4 is 23.4 Å². The fourth-order valence-electron chi connectivity index (χ4n) is 1.76. The summed E-state index contributed by atoms with van der Waals surface area (Å²) in [7, 11) is 1.37. The Labute approximate surface area is 118 Å². The minimum atomic E-state index is -0.452. The van der Waals surface area contributed by atoms with Crippen LogP contribution in [0.4, 0.5) is 5.82 Å². The number of carbonyl (C=O) groups is 1. The van der Waals surface area contributed by atoms with Gasteiger partial charge in [0.1, 0.15) is 23.3 Å². The standard InChI is InChI=1S/C13H20ClN3O2/c1-5-6-9-11(14)15-7-16-12(9)17-10(8(2)3)13(18)19-4/h7-8,10H,5-6H2,1-4H3,(H,15,16,17). The summed E-state index contributed by atoms with van der Waals surface area (Å²) in [6.07, 6.45) is 3.07. The molecule has 1 aromatic rings. The lowest BCUT2D eigenvalue weighted by atomic mass is 10.0. The van der Waals surface area contributed by atoms with Gasteiger partial charge in [-0.05, 0) is 12.3 Å². The van der Waals surface area contributed by atoms with Crippen LogP contribution < -0.4 is 5.32 Å². The van der Waals surface area contributed by atoms with Crippen LogP contribution in [0.5, 0.6) is 0 Å². The van der Waals surface area contributed by atoms with E-state index in [2.05, 4.69) is 15.3 Å². The number of hydrogen-bond donors (Lipinski definition) is 1. The Balaban J connectivity index is 3.02. The van der Waals surface area contributed by atoms with Crippen LogP contribution in [-0.2, 0) is 16.0 Å². The van der Waals surface area contributed by atoms with Gasteiger partial charge in [-0.1, -0.05) is 38.8 Å². The molecule has 0 saturated carbocycles. The Morgan fingerprint density at radius 3 is 2.68 bits per heavy atom. The van der Waals surface area contributed by atoms with Crippen LogP contribution in [-0.4, -0.2) is 29.1 Å². The summed E-state index contributed by atoms with van der Waals surface area (Å²) in [5, 5.41) is 3.54. The minimum absolute atomic E-state index is 0.0793. The lowest BCUT2D eigenvalue weighted by Crippen LogP contribution is -2.36. The number of rotatable bonds is 6. The predicted molar refractivity (Wildman–Crippen MR) is 75.3 cm³/mol. The van der Waals surface area contributed by atoms with Crippen molar-refractivity contribution in [1.29, 1.82) is 0 Å². The molecule has 0 aliphatic heterocycles. The van der Waals surface area contributed by atoms with Gasteiger partial charge in [-0.15, -0.1) is 0 Å². The SMILES string of the molecule is CCCc1c(Cl)ncnc1NC(C(=O)OC)C(C)C. The molecule has 5 nitrogen and oxygen atoms in total. The van der Waals surface area contributed by atoms with Gasteiger partial charge in [0, 0.05) is 5.56 Å². The highest BCUT2D eigenvalue weighted by atomic mass is 35.5. The third-order valence-corrected chi connectivity index (χ3v) is 3.13. The summed E-state index contributed by atoms with van der Waals surface area (Å²) in [4.78, 5) is 19.9. The Morgan fingerprint density at radius 2 is 2.16 bits per heavy atom. The number of ether oxygens (including phenoxy) is 1. The molecule has 1 heterocycles. The number of nitrogens with zero attached hydrogens (tertiary/aromatic N) is 2. The Morgan fingerprint density at radius 1 is 1.47 bits per heavy atom. The van der Waals surface area contributed by atoms with E-state index in [0.29, 0.717) is 11.0 Å². The molecule has 1 aromatic heterocycles. The highest BCUT2D eigenvalue weighted by Gasteiger charge is 2.24. The number of anilines is 1. The molecule has 1 rings (SSSR count). The van der Waals surface area contributed by atoms with Crippen molar-refractivity contribution in [1.82, 2.24) is 9.97 Å². The molecule has 1 atom stereocenters. The number of nitrogens with one attached hydrogen (secondary N) is 1. The van der Waals surface area contributed by atoms with E-state index in [1.165, 1.54) is 13.4 Å². The van der Waals surface area contributed by atoms with E-state index < -0.39 is 6.04 Å². The summed E-state index contributed by atoms with van der Waals surface area (Å²) in [6.45, 7) is 5.93. The van der Waals surface area contributed by atoms with E-state index in [0.717, 1.165) is 18.4 Å². The summed E-state index contributed by atoms with van der Waals surface area (Å²) < 4.78 is 4.80. The Bertz CT molecular complexity index is 438. The van der Waals surface area contributed by atoms with Gasteiger partial charge < -0.3 is 10.1 Å². The fraction of sp³-hybridized carbons (Fsp3) is 0.615. The highest BCUT2D eigenvalue weighted by Crippen LogP contribution is 2.23. The van der Waals surface area contributed by atoms with Gasteiger partial charge in [0.15, 0.2) is 0 Å². The van der Waals surface area contributed by atoms with Crippen LogP contribution in [0.2, 0.25) is 5.15 Å². The molecule has 1 unspecified atom stereocenters. The first kappa shape index (κ1) is 15.7. The number of carbonyl (C=O) groups excluding carboxylic acids is 1. The van der Waals surface area contributed by atoms with E-state index in [-0.39, 0.29) is 11.9 Å². The Kier molecular flexibility index (Phi) is 6.02. The quantitative estimate of drug-likeness (QED) is 0.643. The molecular formula is C13H20ClN3O2. The molecule has 106 valence electrons. The van der Waals surface area contributed by atoms with Crippen LogP contribution in [0.3, 0.4) is 0 Å². The predicted octanol–water partition coefficient (Wildman–Crippen LogP) is 2.69. The van der Waals surface area contributed by atoms with E-state index in [1.807, 2.05) is 20.8 Å². The molecule has 0 radical (unpaired) electrons. The lowest BCUT2D eigenvalue weighted by Gasteiger charge is -2.21. The van der Waals surface area contributed by atoms with Crippen molar-refractivity contribution in [2.24, 2.45) is 5.92 Å². The van der Waals surface area contributed by atoms with Crippen LogP contribution >= 0.6 is 11.6 Å². The minimum Gasteiger partial charge on any atom is -0.467 e. The summed E-state index contributed by atoms with van der Waals surface area (Å²) in [5.74, 6) is 0.369. The van der Waals surface area contributed by atoms with Crippen LogP contribution in [0.1, 0.15) is 32.8 Å². The molecule has 1 N–H and O–H groups in total. The lowest BCUT2D eigenvalue weighted by molar-refractivity contribution is -0.142. The highest BCUT2D eigenvalue weighted by molar-refractivity contribution is 6.30. The molecule has 0 bridgehead atoms. The van der Waals surface area contributed by atoms with Crippen molar-refractivity contribution in [2.45, 2.75) is 39.7 Å². The van der Waals surface area contributed by atoms with Crippen molar-refractivity contribution in [2.75, 3.05) is 12.4 Å². The van der Waals surface area contributed by atoms with Crippen LogP contribution in [0.15, 0.2) is 6.33 Å². The van der Waals surface area contributed by atoms with Crippen molar-refractivity contribution < 1.29 is 9.53 Å². The zero-order chi connectivity index (χ0) is 14.4. The number of methoxy groups -OCH3 is 1. The van der Waals surface area contributed by atoms with Gasteiger partial charge in [-0.2, -0.15) is 0 Å². The number of esters is 1. The average Bonchev–Trinajstić information content (AvgIpc) is 2.38. The van der Waals surface area contributed by atoms with Gasteiger partial charge in [-0.25, -0.2) is 14.8 Å². The van der Waals surface area contributed by atoms with E-state index >= 15 is 0 Å². The van der Waals surface area contributed by atoms with Crippen LogP contribution in [0.25, 0.3) is 0 Å². The molecule has 0 saturated heterocycles. The smallest absolute Gasteiger partial charge is 0.328 e. The first-order valence-electron chi connectivity index (χ1n) is 6.35. The summed E-state index contributed by atoms with van der Waals surface area (Å²) in [5.41, 5.74) is 0.834. The maximum absolute atomic E-state index is 11.8. The van der Waals surface area contributed by atoms with Gasteiger partial charge in [-0.3, -0.25) is 0 Å². The zero-order valence-electron chi connectivity index (χ0n) is 11.7. The maximum Gasteiger partial charge on any atom is 0.328 e. The van der Waals surface area contributed by atoms with E-state index in [9.17, 15) is 4.79 Å². The third kappa shape index (κ3) is 4.06. The zero-order valence-corrected chi connectivity index (χ0v) is 12.5. The van der Waals surface area contributed by atoms with Gasteiger partial charge in [0.05, 0.1) is 7.11 Å². The molecule has 0 aromatic carbocycles. The first-order valence-corrected chi connectivity index (χ1v) is 6.72. The summed E-state index contributed by atoms with van der Waals surface area (Å²) >= 11 is 6.08. The second kappa shape index (κ2) is 7.28. The first-order chi connectivity index (χ1) is 9.01. The molecule has 0 spiro atoms. The fourth-order valence-corrected chi connectivity index (χ4v) is 1.99. The van der Waals surface area contributed by atoms with Gasteiger partial charge in [0.25, 0.3) is 0 Å². The monoisotopic (exact) mass is 285 g/mol.